The first kappa shape index (κ1) is 25.6. The zero-order valence-electron chi connectivity index (χ0n) is 19.4. The van der Waals surface area contributed by atoms with Crippen LogP contribution >= 0.6 is 0 Å². The Kier molecular flexibility index (Phi) is 6.53. The van der Waals surface area contributed by atoms with Gasteiger partial charge >= 0.3 is 6.18 Å². The van der Waals surface area contributed by atoms with Crippen molar-refractivity contribution in [3.8, 4) is 11.3 Å². The van der Waals surface area contributed by atoms with E-state index in [4.69, 9.17) is 4.42 Å². The minimum Gasteiger partial charge on any atom is -0.443 e. The number of rotatable bonds is 6. The molecule has 0 spiro atoms. The van der Waals surface area contributed by atoms with Crippen molar-refractivity contribution in [3.63, 3.8) is 0 Å². The molecule has 196 valence electrons. The summed E-state index contributed by atoms with van der Waals surface area (Å²) in [5.41, 5.74) is 0.909. The van der Waals surface area contributed by atoms with Crippen molar-refractivity contribution in [2.45, 2.75) is 23.9 Å². The highest BCUT2D eigenvalue weighted by Crippen LogP contribution is 2.31. The molecule has 4 aromatic rings. The first-order chi connectivity index (χ1) is 18.0. The number of hydrogen-bond acceptors (Lipinski definition) is 5. The summed E-state index contributed by atoms with van der Waals surface area (Å²) < 4.78 is 84.8. The van der Waals surface area contributed by atoms with Gasteiger partial charge in [0.25, 0.3) is 10.0 Å². The molecule has 0 saturated carbocycles. The monoisotopic (exact) mass is 545 g/mol. The van der Waals surface area contributed by atoms with Crippen molar-refractivity contribution in [2.75, 3.05) is 6.54 Å². The van der Waals surface area contributed by atoms with E-state index in [0.29, 0.717) is 16.8 Å². The number of fused-ring (bicyclic) bond motifs is 1. The molecule has 0 aliphatic carbocycles. The Morgan fingerprint density at radius 2 is 1.84 bits per heavy atom. The molecule has 0 saturated heterocycles. The van der Waals surface area contributed by atoms with Gasteiger partial charge in [0.15, 0.2) is 0 Å². The Morgan fingerprint density at radius 3 is 2.58 bits per heavy atom. The first-order valence-electron chi connectivity index (χ1n) is 11.3. The zero-order chi connectivity index (χ0) is 27.1. The summed E-state index contributed by atoms with van der Waals surface area (Å²) in [5, 5.41) is 2.55. The van der Waals surface area contributed by atoms with Crippen LogP contribution in [0.3, 0.4) is 0 Å². The van der Waals surface area contributed by atoms with E-state index >= 15 is 0 Å². The highest BCUT2D eigenvalue weighted by Gasteiger charge is 2.38. The number of benzene rings is 2. The van der Waals surface area contributed by atoms with E-state index in [2.05, 4.69) is 10.3 Å². The van der Waals surface area contributed by atoms with E-state index < -0.39 is 44.6 Å². The average molecular weight is 546 g/mol. The van der Waals surface area contributed by atoms with Crippen LogP contribution in [0.4, 0.5) is 17.6 Å². The lowest BCUT2D eigenvalue weighted by atomic mass is 10.1. The number of carbonyl (C=O) groups excluding carboxylic acids is 1. The Hall–Kier alpha value is -4.03. The van der Waals surface area contributed by atoms with Gasteiger partial charge in [0, 0.05) is 36.3 Å². The molecule has 2 aromatic carbocycles. The van der Waals surface area contributed by atoms with Crippen LogP contribution in [0.2, 0.25) is 0 Å². The van der Waals surface area contributed by atoms with Gasteiger partial charge in [-0.1, -0.05) is 24.3 Å². The van der Waals surface area contributed by atoms with Crippen molar-refractivity contribution in [1.29, 1.82) is 0 Å². The van der Waals surface area contributed by atoms with E-state index in [1.165, 1.54) is 36.5 Å². The Balaban J connectivity index is 1.29. The summed E-state index contributed by atoms with van der Waals surface area (Å²) in [6.45, 7) is -0.0315. The molecule has 1 aliphatic heterocycles. The molecule has 1 aliphatic rings. The van der Waals surface area contributed by atoms with Crippen molar-refractivity contribution >= 4 is 26.9 Å². The van der Waals surface area contributed by atoms with Gasteiger partial charge in [-0.25, -0.2) is 12.8 Å². The fraction of sp³-hybridized carbons (Fsp3) is 0.154. The lowest BCUT2D eigenvalue weighted by molar-refractivity contribution is -0.137. The third kappa shape index (κ3) is 5.04. The van der Waals surface area contributed by atoms with E-state index in [1.807, 2.05) is 0 Å². The highest BCUT2D eigenvalue weighted by atomic mass is 32.2. The normalized spacial score (nSPS) is 16.3. The van der Waals surface area contributed by atoms with Crippen molar-refractivity contribution in [3.05, 3.63) is 96.0 Å². The Labute approximate surface area is 214 Å². The van der Waals surface area contributed by atoms with Gasteiger partial charge < -0.3 is 9.73 Å². The largest absolute Gasteiger partial charge is 0.443 e. The molecule has 12 heteroatoms. The van der Waals surface area contributed by atoms with E-state index in [9.17, 15) is 30.8 Å². The number of hydrogen-bond donors (Lipinski definition) is 1. The molecular formula is C26H19F4N3O4S. The second-order valence-electron chi connectivity index (χ2n) is 8.54. The molecule has 7 nitrogen and oxygen atoms in total. The quantitative estimate of drug-likeness (QED) is 0.275. The predicted octanol–water partition coefficient (Wildman–Crippen LogP) is 4.90. The van der Waals surface area contributed by atoms with Crippen LogP contribution in [0.25, 0.3) is 22.2 Å². The summed E-state index contributed by atoms with van der Waals surface area (Å²) >= 11 is 0. The second kappa shape index (κ2) is 9.69. The van der Waals surface area contributed by atoms with Crippen LogP contribution in [0.5, 0.6) is 0 Å². The van der Waals surface area contributed by atoms with Gasteiger partial charge in [-0.3, -0.25) is 9.78 Å². The third-order valence-electron chi connectivity index (χ3n) is 6.00. The molecule has 2 aromatic heterocycles. The maximum Gasteiger partial charge on any atom is 0.416 e. The van der Waals surface area contributed by atoms with Crippen LogP contribution in [-0.2, 0) is 27.5 Å². The molecule has 3 heterocycles. The molecule has 1 atom stereocenters. The number of carbonyl (C=O) groups is 1. The van der Waals surface area contributed by atoms with Gasteiger partial charge in [0.1, 0.15) is 17.4 Å². The molecule has 0 bridgehead atoms. The van der Waals surface area contributed by atoms with Gasteiger partial charge in [-0.15, -0.1) is 0 Å². The number of nitrogens with zero attached hydrogens (tertiary/aromatic N) is 2. The smallest absolute Gasteiger partial charge is 0.416 e. The molecule has 0 unspecified atom stereocenters. The number of nitrogens with one attached hydrogen (secondary N) is 1. The summed E-state index contributed by atoms with van der Waals surface area (Å²) in [4.78, 5) is 17.1. The fourth-order valence-corrected chi connectivity index (χ4v) is 5.52. The number of pyridine rings is 1. The van der Waals surface area contributed by atoms with E-state index in [1.54, 1.807) is 18.2 Å². The van der Waals surface area contributed by atoms with Crippen LogP contribution in [-0.4, -0.2) is 36.2 Å². The maximum absolute atomic E-state index is 13.5. The summed E-state index contributed by atoms with van der Waals surface area (Å²) in [5.74, 6) is -1.13. The Bertz CT molecular complexity index is 1650. The lowest BCUT2D eigenvalue weighted by Gasteiger charge is -2.22. The second-order valence-corrected chi connectivity index (χ2v) is 10.4. The number of furan rings is 1. The Morgan fingerprint density at radius 1 is 1.08 bits per heavy atom. The third-order valence-corrected chi connectivity index (χ3v) is 7.70. The lowest BCUT2D eigenvalue weighted by Crippen LogP contribution is -2.45. The number of amides is 1. The highest BCUT2D eigenvalue weighted by molar-refractivity contribution is 7.89. The van der Waals surface area contributed by atoms with Crippen molar-refractivity contribution in [2.24, 2.45) is 0 Å². The molecule has 0 radical (unpaired) electrons. The average Bonchev–Trinajstić information content (AvgIpc) is 3.55. The first-order valence-corrected chi connectivity index (χ1v) is 12.7. The molecule has 38 heavy (non-hydrogen) atoms. The molecule has 1 amide bonds. The van der Waals surface area contributed by atoms with Crippen LogP contribution < -0.4 is 5.32 Å². The van der Waals surface area contributed by atoms with Crippen LogP contribution in [0.15, 0.2) is 88.5 Å². The summed E-state index contributed by atoms with van der Waals surface area (Å²) in [6, 6.07) is 11.5. The van der Waals surface area contributed by atoms with Crippen molar-refractivity contribution < 1.29 is 35.2 Å². The predicted molar refractivity (Wildman–Crippen MR) is 130 cm³/mol. The molecule has 5 rings (SSSR count). The van der Waals surface area contributed by atoms with Gasteiger partial charge in [-0.2, -0.15) is 17.5 Å². The molecule has 0 fully saturated rings. The standard InChI is InChI=1S/C26H19F4N3O4S/c27-20-7-8-23-18(13-20)14-24(37-23)38(35,36)33-11-1-2-22(33)25(34)32-15-16-9-10-31-21(12-16)17-3-5-19(6-4-17)26(28,29)30/h1-10,12-14,22H,11,15H2,(H,32,34)/t22-/m0/s1. The summed E-state index contributed by atoms with van der Waals surface area (Å²) in [6.07, 6.45) is 0.0102. The van der Waals surface area contributed by atoms with Gasteiger partial charge in [0.05, 0.1) is 11.3 Å². The van der Waals surface area contributed by atoms with Gasteiger partial charge in [-0.05, 0) is 48.0 Å². The van der Waals surface area contributed by atoms with Crippen molar-refractivity contribution in [1.82, 2.24) is 14.6 Å². The number of aromatic nitrogens is 1. The summed E-state index contributed by atoms with van der Waals surface area (Å²) in [7, 11) is -4.22. The number of sulfonamides is 1. The number of halogens is 4. The van der Waals surface area contributed by atoms with Crippen LogP contribution in [0, 0.1) is 5.82 Å². The molecular weight excluding hydrogens is 526 g/mol. The SMILES string of the molecule is O=C(NCc1ccnc(-c2ccc(C(F)(F)F)cc2)c1)[C@@H]1C=CCN1S(=O)(=O)c1cc2cc(F)ccc2o1. The fourth-order valence-electron chi connectivity index (χ4n) is 4.07. The van der Waals surface area contributed by atoms with Crippen LogP contribution in [0.1, 0.15) is 11.1 Å². The topological polar surface area (TPSA) is 92.5 Å². The van der Waals surface area contributed by atoms with Gasteiger partial charge in [0.2, 0.25) is 11.0 Å². The van der Waals surface area contributed by atoms with E-state index in [0.717, 1.165) is 28.6 Å². The molecule has 1 N–H and O–H groups in total. The maximum atomic E-state index is 13.5. The zero-order valence-corrected chi connectivity index (χ0v) is 20.3. The van der Waals surface area contributed by atoms with E-state index in [-0.39, 0.29) is 24.1 Å². The number of alkyl halides is 3. The minimum atomic E-state index is -4.45. The minimum absolute atomic E-state index is 0.0249.